The Labute approximate surface area is 60.7 Å². The summed E-state index contributed by atoms with van der Waals surface area (Å²) in [6.45, 7) is 0. The van der Waals surface area contributed by atoms with Crippen molar-refractivity contribution >= 4 is 7.12 Å². The molecule has 0 radical (unpaired) electrons. The Kier molecular flexibility index (Phi) is 1.36. The topological polar surface area (TPSA) is 40.5 Å². The lowest BCUT2D eigenvalue weighted by Crippen LogP contribution is -2.19. The standard InChI is InChI=1S/C7H11BO2/c9-8(10)7-4-5-1-2-6(7)3-5/h4-6,9-10H,1-3H2/t5-,6-/m1/s1. The zero-order valence-corrected chi connectivity index (χ0v) is 5.83. The smallest absolute Gasteiger partial charge is 0.423 e. The monoisotopic (exact) mass is 138 g/mol. The molecule has 3 heteroatoms. The molecule has 0 saturated heterocycles. The molecule has 0 unspecified atom stereocenters. The predicted molar refractivity (Wildman–Crippen MR) is 39.1 cm³/mol. The van der Waals surface area contributed by atoms with Crippen LogP contribution in [0, 0.1) is 11.8 Å². The molecule has 0 spiro atoms. The average molecular weight is 138 g/mol. The Bertz CT molecular complexity index is 176. The van der Waals surface area contributed by atoms with E-state index in [-0.39, 0.29) is 0 Å². The van der Waals surface area contributed by atoms with Crippen molar-refractivity contribution in [3.8, 4) is 0 Å². The molecule has 0 amide bonds. The molecule has 2 rings (SSSR count). The minimum atomic E-state index is -1.18. The Balaban J connectivity index is 2.17. The molecule has 0 aromatic carbocycles. The second-order valence-electron chi connectivity index (χ2n) is 3.31. The van der Waals surface area contributed by atoms with Crippen molar-refractivity contribution in [1.82, 2.24) is 0 Å². The lowest BCUT2D eigenvalue weighted by Gasteiger charge is -2.10. The van der Waals surface area contributed by atoms with E-state index in [9.17, 15) is 0 Å². The maximum Gasteiger partial charge on any atom is 0.484 e. The van der Waals surface area contributed by atoms with E-state index in [1.807, 2.05) is 6.08 Å². The number of rotatable bonds is 1. The Hall–Kier alpha value is -0.275. The second kappa shape index (κ2) is 2.11. The van der Waals surface area contributed by atoms with Gasteiger partial charge >= 0.3 is 7.12 Å². The lowest BCUT2D eigenvalue weighted by molar-refractivity contribution is 0.409. The molecule has 2 N–H and O–H groups in total. The molecule has 2 atom stereocenters. The number of hydrogen-bond donors (Lipinski definition) is 2. The first-order chi connectivity index (χ1) is 4.77. The van der Waals surface area contributed by atoms with E-state index in [4.69, 9.17) is 10.0 Å². The number of hydrogen-bond acceptors (Lipinski definition) is 2. The third-order valence-electron chi connectivity index (χ3n) is 2.67. The zero-order chi connectivity index (χ0) is 7.14. The first-order valence-electron chi connectivity index (χ1n) is 3.85. The van der Waals surface area contributed by atoms with Crippen LogP contribution in [0.2, 0.25) is 0 Å². The molecule has 1 saturated carbocycles. The molecule has 0 heterocycles. The van der Waals surface area contributed by atoms with Gasteiger partial charge in [-0.15, -0.1) is 0 Å². The summed E-state index contributed by atoms with van der Waals surface area (Å²) in [5, 5.41) is 17.7. The Morgan fingerprint density at radius 3 is 2.50 bits per heavy atom. The highest BCUT2D eigenvalue weighted by Crippen LogP contribution is 2.43. The second-order valence-corrected chi connectivity index (χ2v) is 3.31. The largest absolute Gasteiger partial charge is 0.484 e. The van der Waals surface area contributed by atoms with Crippen molar-refractivity contribution in [3.05, 3.63) is 11.5 Å². The molecular weight excluding hydrogens is 127 g/mol. The van der Waals surface area contributed by atoms with E-state index in [1.54, 1.807) is 0 Å². The van der Waals surface area contributed by atoms with Crippen LogP contribution in [-0.4, -0.2) is 17.2 Å². The van der Waals surface area contributed by atoms with Gasteiger partial charge in [0, 0.05) is 0 Å². The van der Waals surface area contributed by atoms with E-state index in [0.717, 1.165) is 18.3 Å². The van der Waals surface area contributed by atoms with Crippen LogP contribution < -0.4 is 0 Å². The molecule has 0 aliphatic heterocycles. The SMILES string of the molecule is OB(O)C1=C[C@@H]2CC[C@@H]1C2. The van der Waals surface area contributed by atoms with Crippen molar-refractivity contribution in [2.45, 2.75) is 19.3 Å². The first-order valence-corrected chi connectivity index (χ1v) is 3.85. The fourth-order valence-electron chi connectivity index (χ4n) is 2.18. The van der Waals surface area contributed by atoms with E-state index in [0.29, 0.717) is 11.8 Å². The van der Waals surface area contributed by atoms with Gasteiger partial charge in [-0.3, -0.25) is 0 Å². The zero-order valence-electron chi connectivity index (χ0n) is 5.83. The minimum absolute atomic E-state index is 0.491. The fourth-order valence-corrected chi connectivity index (χ4v) is 2.18. The van der Waals surface area contributed by atoms with Crippen LogP contribution in [-0.2, 0) is 0 Å². The molecule has 1 fully saturated rings. The summed E-state index contributed by atoms with van der Waals surface area (Å²) in [6, 6.07) is 0. The van der Waals surface area contributed by atoms with Gasteiger partial charge in [0.15, 0.2) is 0 Å². The van der Waals surface area contributed by atoms with Crippen molar-refractivity contribution < 1.29 is 10.0 Å². The van der Waals surface area contributed by atoms with Crippen LogP contribution in [0.25, 0.3) is 0 Å². The summed E-state index contributed by atoms with van der Waals surface area (Å²) >= 11 is 0. The average Bonchev–Trinajstić information content (AvgIpc) is 2.44. The van der Waals surface area contributed by atoms with Gasteiger partial charge in [-0.25, -0.2) is 0 Å². The van der Waals surface area contributed by atoms with E-state index < -0.39 is 7.12 Å². The highest BCUT2D eigenvalue weighted by atomic mass is 16.4. The predicted octanol–water partition coefficient (Wildman–Crippen LogP) is 0.355. The molecule has 54 valence electrons. The van der Waals surface area contributed by atoms with Crippen LogP contribution in [0.5, 0.6) is 0 Å². The third-order valence-corrected chi connectivity index (χ3v) is 2.67. The highest BCUT2D eigenvalue weighted by molar-refractivity contribution is 6.51. The summed E-state index contributed by atoms with van der Waals surface area (Å²) in [5.41, 5.74) is 0.872. The Morgan fingerprint density at radius 1 is 1.40 bits per heavy atom. The quantitative estimate of drug-likeness (QED) is 0.513. The van der Waals surface area contributed by atoms with E-state index >= 15 is 0 Å². The summed E-state index contributed by atoms with van der Waals surface area (Å²) in [7, 11) is -1.18. The van der Waals surface area contributed by atoms with E-state index in [2.05, 4.69) is 0 Å². The van der Waals surface area contributed by atoms with Crippen LogP contribution in [0.3, 0.4) is 0 Å². The number of allylic oxidation sites excluding steroid dienone is 2. The van der Waals surface area contributed by atoms with E-state index in [1.165, 1.54) is 6.42 Å². The van der Waals surface area contributed by atoms with Gasteiger partial charge in [-0.05, 0) is 36.6 Å². The summed E-state index contributed by atoms with van der Waals surface area (Å²) in [5.74, 6) is 1.15. The van der Waals surface area contributed by atoms with Crippen molar-refractivity contribution in [1.29, 1.82) is 0 Å². The minimum Gasteiger partial charge on any atom is -0.423 e. The molecular formula is C7H11BO2. The molecule has 2 bridgehead atoms. The third kappa shape index (κ3) is 0.813. The first kappa shape index (κ1) is 6.44. The van der Waals surface area contributed by atoms with Gasteiger partial charge in [0.1, 0.15) is 0 Å². The Morgan fingerprint density at radius 2 is 2.20 bits per heavy atom. The van der Waals surface area contributed by atoms with Crippen LogP contribution in [0.4, 0.5) is 0 Å². The summed E-state index contributed by atoms with van der Waals surface area (Å²) in [6.07, 6.45) is 5.61. The van der Waals surface area contributed by atoms with Gasteiger partial charge < -0.3 is 10.0 Å². The van der Waals surface area contributed by atoms with Crippen LogP contribution in [0.15, 0.2) is 11.5 Å². The van der Waals surface area contributed by atoms with Gasteiger partial charge in [-0.2, -0.15) is 0 Å². The molecule has 2 aliphatic rings. The molecule has 0 aromatic rings. The number of fused-ring (bicyclic) bond motifs is 2. The van der Waals surface area contributed by atoms with Crippen LogP contribution >= 0.6 is 0 Å². The van der Waals surface area contributed by atoms with Crippen molar-refractivity contribution in [2.24, 2.45) is 11.8 Å². The fraction of sp³-hybridized carbons (Fsp3) is 0.714. The van der Waals surface area contributed by atoms with Crippen molar-refractivity contribution in [2.75, 3.05) is 0 Å². The normalized spacial score (nSPS) is 36.4. The lowest BCUT2D eigenvalue weighted by atomic mass is 9.72. The van der Waals surface area contributed by atoms with Gasteiger partial charge in [0.05, 0.1) is 0 Å². The molecule has 0 aromatic heterocycles. The van der Waals surface area contributed by atoms with Gasteiger partial charge in [0.25, 0.3) is 0 Å². The van der Waals surface area contributed by atoms with Gasteiger partial charge in [0.2, 0.25) is 0 Å². The maximum atomic E-state index is 8.86. The molecule has 2 nitrogen and oxygen atoms in total. The highest BCUT2D eigenvalue weighted by Gasteiger charge is 2.37. The maximum absolute atomic E-state index is 8.86. The summed E-state index contributed by atoms with van der Waals surface area (Å²) in [4.78, 5) is 0. The van der Waals surface area contributed by atoms with Gasteiger partial charge in [-0.1, -0.05) is 6.08 Å². The molecule has 2 aliphatic carbocycles. The molecule has 10 heavy (non-hydrogen) atoms. The van der Waals surface area contributed by atoms with Crippen LogP contribution in [0.1, 0.15) is 19.3 Å². The van der Waals surface area contributed by atoms with Crippen molar-refractivity contribution in [3.63, 3.8) is 0 Å². The summed E-state index contributed by atoms with van der Waals surface area (Å²) < 4.78 is 0.